The van der Waals surface area contributed by atoms with Crippen molar-refractivity contribution < 1.29 is 4.79 Å². The van der Waals surface area contributed by atoms with Gasteiger partial charge in [-0.1, -0.05) is 0 Å². The number of amides is 1. The van der Waals surface area contributed by atoms with E-state index in [9.17, 15) is 4.79 Å². The van der Waals surface area contributed by atoms with Crippen LogP contribution in [0.15, 0.2) is 18.5 Å². The Morgan fingerprint density at radius 3 is 3.05 bits per heavy atom. The van der Waals surface area contributed by atoms with E-state index in [4.69, 9.17) is 5.73 Å². The first-order chi connectivity index (χ1) is 10.2. The molecule has 2 aromatic heterocycles. The molecule has 2 aromatic rings. The quantitative estimate of drug-likeness (QED) is 0.797. The van der Waals surface area contributed by atoms with Gasteiger partial charge in [-0.25, -0.2) is 15.0 Å². The Labute approximate surface area is 122 Å². The highest BCUT2D eigenvalue weighted by Gasteiger charge is 2.18. The van der Waals surface area contributed by atoms with Crippen LogP contribution in [0.25, 0.3) is 11.0 Å². The number of nitrogens with zero attached hydrogens (tertiary/aromatic N) is 4. The third-order valence-electron chi connectivity index (χ3n) is 3.59. The van der Waals surface area contributed by atoms with Gasteiger partial charge in [-0.3, -0.25) is 4.79 Å². The third-order valence-corrected chi connectivity index (χ3v) is 3.59. The fraction of sp³-hybridized carbons (Fsp3) is 0.429. The van der Waals surface area contributed by atoms with Crippen molar-refractivity contribution in [2.24, 2.45) is 0 Å². The van der Waals surface area contributed by atoms with Gasteiger partial charge in [-0.2, -0.15) is 0 Å². The molecule has 0 aromatic carbocycles. The number of nitrogens with two attached hydrogens (primary N) is 1. The Bertz CT molecular complexity index is 659. The van der Waals surface area contributed by atoms with E-state index in [-0.39, 0.29) is 5.91 Å². The van der Waals surface area contributed by atoms with E-state index in [1.165, 1.54) is 6.33 Å². The number of nitrogens with one attached hydrogen (secondary N) is 1. The molecule has 21 heavy (non-hydrogen) atoms. The van der Waals surface area contributed by atoms with E-state index in [0.717, 1.165) is 43.7 Å². The maximum absolute atomic E-state index is 11.5. The molecule has 1 aliphatic rings. The first-order valence-electron chi connectivity index (χ1n) is 7.13. The van der Waals surface area contributed by atoms with Gasteiger partial charge in [-0.05, 0) is 25.0 Å². The average Bonchev–Trinajstić information content (AvgIpc) is 2.88. The molecule has 0 saturated carbocycles. The zero-order valence-electron chi connectivity index (χ0n) is 11.7. The molecule has 1 aliphatic heterocycles. The minimum atomic E-state index is 0.266. The molecule has 0 unspecified atom stereocenters. The summed E-state index contributed by atoms with van der Waals surface area (Å²) in [6, 6.07) is 3.60. The molecule has 1 amide bonds. The Kier molecular flexibility index (Phi) is 3.81. The lowest BCUT2D eigenvalue weighted by Crippen LogP contribution is -2.27. The summed E-state index contributed by atoms with van der Waals surface area (Å²) >= 11 is 0. The van der Waals surface area contributed by atoms with Crippen LogP contribution in [-0.4, -0.2) is 45.4 Å². The van der Waals surface area contributed by atoms with Crippen molar-refractivity contribution >= 4 is 28.6 Å². The van der Waals surface area contributed by atoms with E-state index < -0.39 is 0 Å². The molecule has 0 atom stereocenters. The number of rotatable bonds is 5. The molecule has 3 heterocycles. The number of carbonyl (C=O) groups excluding carboxylic acids is 1. The molecule has 1 fully saturated rings. The van der Waals surface area contributed by atoms with Gasteiger partial charge in [0.15, 0.2) is 5.65 Å². The summed E-state index contributed by atoms with van der Waals surface area (Å²) in [5.41, 5.74) is 6.23. The smallest absolute Gasteiger partial charge is 0.222 e. The van der Waals surface area contributed by atoms with Crippen LogP contribution in [0.1, 0.15) is 19.3 Å². The van der Waals surface area contributed by atoms with Gasteiger partial charge in [0.05, 0.1) is 5.39 Å². The highest BCUT2D eigenvalue weighted by Crippen LogP contribution is 2.18. The van der Waals surface area contributed by atoms with Crippen molar-refractivity contribution in [2.75, 3.05) is 30.7 Å². The van der Waals surface area contributed by atoms with E-state index in [2.05, 4.69) is 20.3 Å². The summed E-state index contributed by atoms with van der Waals surface area (Å²) in [5, 5.41) is 4.13. The normalized spacial score (nSPS) is 14.9. The van der Waals surface area contributed by atoms with Gasteiger partial charge < -0.3 is 16.0 Å². The maximum atomic E-state index is 11.5. The Balaban J connectivity index is 1.59. The fourth-order valence-electron chi connectivity index (χ4n) is 2.52. The minimum absolute atomic E-state index is 0.266. The van der Waals surface area contributed by atoms with Crippen molar-refractivity contribution in [3.8, 4) is 0 Å². The van der Waals surface area contributed by atoms with Crippen LogP contribution in [0.4, 0.5) is 11.6 Å². The van der Waals surface area contributed by atoms with Crippen LogP contribution in [0.5, 0.6) is 0 Å². The number of likely N-dealkylation sites (tertiary alicyclic amines) is 1. The van der Waals surface area contributed by atoms with Gasteiger partial charge in [0, 0.05) is 26.1 Å². The third kappa shape index (κ3) is 3.01. The number of pyridine rings is 1. The Hall–Kier alpha value is -2.44. The number of fused-ring (bicyclic) bond motifs is 1. The molecule has 0 spiro atoms. The highest BCUT2D eigenvalue weighted by atomic mass is 16.2. The second kappa shape index (κ2) is 5.90. The lowest BCUT2D eigenvalue weighted by atomic mass is 10.3. The minimum Gasteiger partial charge on any atom is -0.384 e. The summed E-state index contributed by atoms with van der Waals surface area (Å²) in [7, 11) is 0. The maximum Gasteiger partial charge on any atom is 0.222 e. The number of aromatic nitrogens is 3. The number of hydrogen-bond acceptors (Lipinski definition) is 6. The van der Waals surface area contributed by atoms with Gasteiger partial charge in [0.2, 0.25) is 5.91 Å². The molecule has 0 bridgehead atoms. The molecule has 7 heteroatoms. The largest absolute Gasteiger partial charge is 0.384 e. The zero-order chi connectivity index (χ0) is 14.7. The van der Waals surface area contributed by atoms with Gasteiger partial charge in [-0.15, -0.1) is 0 Å². The second-order valence-corrected chi connectivity index (χ2v) is 5.09. The number of hydrogen-bond donors (Lipinski definition) is 2. The predicted octanol–water partition coefficient (Wildman–Crippen LogP) is 1.03. The lowest BCUT2D eigenvalue weighted by Gasteiger charge is -2.15. The van der Waals surface area contributed by atoms with Crippen molar-refractivity contribution in [3.63, 3.8) is 0 Å². The number of anilines is 2. The predicted molar refractivity (Wildman–Crippen MR) is 80.7 cm³/mol. The summed E-state index contributed by atoms with van der Waals surface area (Å²) < 4.78 is 0. The van der Waals surface area contributed by atoms with Gasteiger partial charge >= 0.3 is 0 Å². The number of carbonyl (C=O) groups is 1. The van der Waals surface area contributed by atoms with Crippen molar-refractivity contribution in [1.29, 1.82) is 0 Å². The van der Waals surface area contributed by atoms with E-state index in [0.29, 0.717) is 17.9 Å². The summed E-state index contributed by atoms with van der Waals surface area (Å²) in [5.74, 6) is 1.46. The van der Waals surface area contributed by atoms with Crippen LogP contribution in [0.3, 0.4) is 0 Å². The van der Waals surface area contributed by atoms with Crippen molar-refractivity contribution in [1.82, 2.24) is 19.9 Å². The summed E-state index contributed by atoms with van der Waals surface area (Å²) in [6.45, 7) is 2.43. The standard InChI is InChI=1S/C14H18N6O/c15-11-5-4-10-13(17-9-18-14(10)19-11)16-6-2-8-20-7-1-3-12(20)21/h4-5,9H,1-3,6-8H2,(H3,15,16,17,18,19). The fourth-order valence-corrected chi connectivity index (χ4v) is 2.52. The van der Waals surface area contributed by atoms with E-state index >= 15 is 0 Å². The first-order valence-corrected chi connectivity index (χ1v) is 7.13. The molecule has 7 nitrogen and oxygen atoms in total. The topological polar surface area (TPSA) is 97.0 Å². The molecular weight excluding hydrogens is 268 g/mol. The Morgan fingerprint density at radius 1 is 1.33 bits per heavy atom. The van der Waals surface area contributed by atoms with Crippen LogP contribution in [-0.2, 0) is 4.79 Å². The van der Waals surface area contributed by atoms with Crippen LogP contribution >= 0.6 is 0 Å². The molecule has 1 saturated heterocycles. The molecule has 3 rings (SSSR count). The number of nitrogen functional groups attached to an aromatic ring is 1. The lowest BCUT2D eigenvalue weighted by molar-refractivity contribution is -0.127. The van der Waals surface area contributed by atoms with E-state index in [1.54, 1.807) is 6.07 Å². The molecular formula is C14H18N6O. The van der Waals surface area contributed by atoms with Crippen molar-refractivity contribution in [3.05, 3.63) is 18.5 Å². The highest BCUT2D eigenvalue weighted by molar-refractivity contribution is 5.87. The second-order valence-electron chi connectivity index (χ2n) is 5.09. The van der Waals surface area contributed by atoms with Crippen LogP contribution in [0.2, 0.25) is 0 Å². The monoisotopic (exact) mass is 286 g/mol. The molecule has 0 radical (unpaired) electrons. The van der Waals surface area contributed by atoms with Crippen LogP contribution < -0.4 is 11.1 Å². The van der Waals surface area contributed by atoms with Gasteiger partial charge in [0.1, 0.15) is 18.0 Å². The summed E-state index contributed by atoms with van der Waals surface area (Å²) in [4.78, 5) is 25.9. The summed E-state index contributed by atoms with van der Waals surface area (Å²) in [6.07, 6.45) is 4.04. The molecule has 110 valence electrons. The first kappa shape index (κ1) is 13.5. The van der Waals surface area contributed by atoms with Crippen LogP contribution in [0, 0.1) is 0 Å². The SMILES string of the molecule is Nc1ccc2c(NCCCN3CCCC3=O)ncnc2n1. The van der Waals surface area contributed by atoms with Crippen molar-refractivity contribution in [2.45, 2.75) is 19.3 Å². The zero-order valence-corrected chi connectivity index (χ0v) is 11.7. The molecule has 3 N–H and O–H groups in total. The van der Waals surface area contributed by atoms with Gasteiger partial charge in [0.25, 0.3) is 0 Å². The molecule has 0 aliphatic carbocycles. The Morgan fingerprint density at radius 2 is 2.24 bits per heavy atom. The average molecular weight is 286 g/mol. The van der Waals surface area contributed by atoms with E-state index in [1.807, 2.05) is 11.0 Å².